The van der Waals surface area contributed by atoms with Gasteiger partial charge in [-0.15, -0.1) is 0 Å². The molecule has 1 heterocycles. The second-order valence-corrected chi connectivity index (χ2v) is 8.24. The van der Waals surface area contributed by atoms with Crippen molar-refractivity contribution in [1.29, 1.82) is 0 Å². The minimum atomic E-state index is -0.366. The molecule has 1 fully saturated rings. The molecule has 0 bridgehead atoms. The highest BCUT2D eigenvalue weighted by Gasteiger charge is 2.24. The van der Waals surface area contributed by atoms with E-state index in [9.17, 15) is 9.59 Å². The van der Waals surface area contributed by atoms with Gasteiger partial charge >= 0.3 is 0 Å². The van der Waals surface area contributed by atoms with E-state index in [-0.39, 0.29) is 17.4 Å². The van der Waals surface area contributed by atoms with Crippen molar-refractivity contribution in [3.8, 4) is 0 Å². The van der Waals surface area contributed by atoms with E-state index in [2.05, 4.69) is 15.5 Å². The van der Waals surface area contributed by atoms with E-state index in [1.54, 1.807) is 31.4 Å². The molecule has 0 unspecified atom stereocenters. The van der Waals surface area contributed by atoms with E-state index in [0.717, 1.165) is 25.9 Å². The normalized spacial score (nSPS) is 16.1. The van der Waals surface area contributed by atoms with Crippen LogP contribution in [0.15, 0.2) is 24.3 Å². The Hall–Kier alpha value is -1.63. The number of piperidine rings is 1. The van der Waals surface area contributed by atoms with E-state index >= 15 is 0 Å². The number of carbonyl (C=O) groups is 2. The molecule has 0 aromatic heterocycles. The topological polar surface area (TPSA) is 70.7 Å². The van der Waals surface area contributed by atoms with Crippen molar-refractivity contribution in [2.45, 2.75) is 32.2 Å². The van der Waals surface area contributed by atoms with Gasteiger partial charge in [-0.2, -0.15) is 0 Å². The van der Waals surface area contributed by atoms with Gasteiger partial charge in [0, 0.05) is 24.2 Å². The molecule has 0 radical (unpaired) electrons. The Kier molecular flexibility index (Phi) is 8.07. The second kappa shape index (κ2) is 10.1. The molecule has 1 aromatic carbocycles. The monoisotopic (exact) mass is 395 g/mol. The van der Waals surface area contributed by atoms with Gasteiger partial charge in [0.1, 0.15) is 0 Å². The molecule has 0 saturated carbocycles. The van der Waals surface area contributed by atoms with Crippen molar-refractivity contribution in [1.82, 2.24) is 15.5 Å². The smallest absolute Gasteiger partial charge is 0.251 e. The number of amides is 2. The number of halogens is 1. The summed E-state index contributed by atoms with van der Waals surface area (Å²) in [6.07, 6.45) is 1.93. The van der Waals surface area contributed by atoms with Gasteiger partial charge in [-0.05, 0) is 63.9 Å². The first-order valence-corrected chi connectivity index (χ1v) is 9.73. The maximum atomic E-state index is 12.2. The maximum absolute atomic E-state index is 12.2. The largest absolute Gasteiger partial charge is 0.382 e. The van der Waals surface area contributed by atoms with E-state index in [1.807, 2.05) is 13.8 Å². The molecule has 1 saturated heterocycles. The molecular formula is C20H30ClN3O3. The van der Waals surface area contributed by atoms with Crippen molar-refractivity contribution < 1.29 is 14.3 Å². The molecule has 1 aliphatic rings. The van der Waals surface area contributed by atoms with Crippen LogP contribution in [0, 0.1) is 5.92 Å². The van der Waals surface area contributed by atoms with Gasteiger partial charge in [-0.25, -0.2) is 0 Å². The Morgan fingerprint density at radius 2 is 2.00 bits per heavy atom. The fourth-order valence-corrected chi connectivity index (χ4v) is 3.52. The summed E-state index contributed by atoms with van der Waals surface area (Å²) in [5.74, 6) is 0.349. The summed E-state index contributed by atoms with van der Waals surface area (Å²) in [7, 11) is 1.63. The lowest BCUT2D eigenvalue weighted by molar-refractivity contribution is -0.124. The third-order valence-corrected chi connectivity index (χ3v) is 4.93. The molecule has 2 N–H and O–H groups in total. The van der Waals surface area contributed by atoms with Crippen molar-refractivity contribution in [3.05, 3.63) is 34.9 Å². The molecule has 7 heteroatoms. The summed E-state index contributed by atoms with van der Waals surface area (Å²) in [6, 6.07) is 6.95. The first kappa shape index (κ1) is 21.7. The lowest BCUT2D eigenvalue weighted by Crippen LogP contribution is -2.51. The number of nitrogens with one attached hydrogen (secondary N) is 2. The lowest BCUT2D eigenvalue weighted by atomic mass is 9.96. The Morgan fingerprint density at radius 3 is 2.63 bits per heavy atom. The highest BCUT2D eigenvalue weighted by Crippen LogP contribution is 2.17. The van der Waals surface area contributed by atoms with Crippen LogP contribution < -0.4 is 10.6 Å². The average Bonchev–Trinajstić information content (AvgIpc) is 2.60. The highest BCUT2D eigenvalue weighted by molar-refractivity contribution is 6.30. The van der Waals surface area contributed by atoms with Gasteiger partial charge in [0.15, 0.2) is 0 Å². The van der Waals surface area contributed by atoms with E-state index in [4.69, 9.17) is 16.3 Å². The molecule has 0 spiro atoms. The number of likely N-dealkylation sites (tertiary alicyclic amines) is 1. The number of ether oxygens (including phenoxy) is 1. The van der Waals surface area contributed by atoms with Gasteiger partial charge in [0.25, 0.3) is 5.91 Å². The first-order valence-electron chi connectivity index (χ1n) is 9.35. The predicted octanol–water partition coefficient (Wildman–Crippen LogP) is 2.32. The van der Waals surface area contributed by atoms with Gasteiger partial charge < -0.3 is 15.4 Å². The van der Waals surface area contributed by atoms with Crippen LogP contribution in [0.4, 0.5) is 0 Å². The predicted molar refractivity (Wildman–Crippen MR) is 107 cm³/mol. The van der Waals surface area contributed by atoms with Crippen LogP contribution in [0.3, 0.4) is 0 Å². The maximum Gasteiger partial charge on any atom is 0.251 e. The van der Waals surface area contributed by atoms with Crippen LogP contribution in [0.2, 0.25) is 5.02 Å². The molecule has 150 valence electrons. The van der Waals surface area contributed by atoms with Crippen LogP contribution in [-0.4, -0.2) is 62.1 Å². The SMILES string of the molecule is COCC(C)(C)NC(=O)CN1CCC(CNC(=O)c2cccc(Cl)c2)CC1. The number of hydrogen-bond acceptors (Lipinski definition) is 4. The fourth-order valence-electron chi connectivity index (χ4n) is 3.33. The van der Waals surface area contributed by atoms with Gasteiger partial charge in [-0.3, -0.25) is 14.5 Å². The Bertz CT molecular complexity index is 643. The van der Waals surface area contributed by atoms with Crippen molar-refractivity contribution in [2.75, 3.05) is 39.9 Å². The Balaban J connectivity index is 1.69. The van der Waals surface area contributed by atoms with Crippen molar-refractivity contribution in [2.24, 2.45) is 5.92 Å². The molecule has 0 atom stereocenters. The van der Waals surface area contributed by atoms with Gasteiger partial charge in [0.2, 0.25) is 5.91 Å². The second-order valence-electron chi connectivity index (χ2n) is 7.80. The van der Waals surface area contributed by atoms with Crippen LogP contribution in [0.1, 0.15) is 37.0 Å². The minimum Gasteiger partial charge on any atom is -0.382 e. The summed E-state index contributed by atoms with van der Waals surface area (Å²) in [5.41, 5.74) is 0.213. The third-order valence-electron chi connectivity index (χ3n) is 4.70. The van der Waals surface area contributed by atoms with Crippen molar-refractivity contribution >= 4 is 23.4 Å². The van der Waals surface area contributed by atoms with Crippen LogP contribution >= 0.6 is 11.6 Å². The summed E-state index contributed by atoms with van der Waals surface area (Å²) in [5, 5.41) is 6.55. The summed E-state index contributed by atoms with van der Waals surface area (Å²) in [6.45, 7) is 7.13. The van der Waals surface area contributed by atoms with E-state index < -0.39 is 0 Å². The zero-order chi connectivity index (χ0) is 19.9. The number of rotatable bonds is 8. The molecular weight excluding hydrogens is 366 g/mol. The zero-order valence-electron chi connectivity index (χ0n) is 16.4. The van der Waals surface area contributed by atoms with Crippen LogP contribution in [-0.2, 0) is 9.53 Å². The summed E-state index contributed by atoms with van der Waals surface area (Å²) < 4.78 is 5.13. The summed E-state index contributed by atoms with van der Waals surface area (Å²) >= 11 is 5.93. The third kappa shape index (κ3) is 7.48. The molecule has 1 aromatic rings. The zero-order valence-corrected chi connectivity index (χ0v) is 17.1. The highest BCUT2D eigenvalue weighted by atomic mass is 35.5. The first-order chi connectivity index (χ1) is 12.8. The van der Waals surface area contributed by atoms with Crippen LogP contribution in [0.25, 0.3) is 0 Å². The molecule has 0 aliphatic carbocycles. The molecule has 1 aliphatic heterocycles. The number of methoxy groups -OCH3 is 1. The Labute approximate surface area is 166 Å². The molecule has 27 heavy (non-hydrogen) atoms. The van der Waals surface area contributed by atoms with Gasteiger partial charge in [0.05, 0.1) is 18.7 Å². The number of benzene rings is 1. The van der Waals surface area contributed by atoms with Crippen molar-refractivity contribution in [3.63, 3.8) is 0 Å². The van der Waals surface area contributed by atoms with E-state index in [1.165, 1.54) is 0 Å². The quantitative estimate of drug-likeness (QED) is 0.708. The number of hydrogen-bond donors (Lipinski definition) is 2. The number of nitrogens with zero attached hydrogens (tertiary/aromatic N) is 1. The minimum absolute atomic E-state index is 0.0183. The molecule has 2 rings (SSSR count). The molecule has 2 amide bonds. The average molecular weight is 396 g/mol. The van der Waals surface area contributed by atoms with Crippen LogP contribution in [0.5, 0.6) is 0 Å². The summed E-state index contributed by atoms with van der Waals surface area (Å²) in [4.78, 5) is 26.6. The molecule has 6 nitrogen and oxygen atoms in total. The van der Waals surface area contributed by atoms with E-state index in [0.29, 0.717) is 36.2 Å². The standard InChI is InChI=1S/C20H30ClN3O3/c1-20(2,14-27-3)23-18(25)13-24-9-7-15(8-10-24)12-22-19(26)16-5-4-6-17(21)11-16/h4-6,11,15H,7-10,12-14H2,1-3H3,(H,22,26)(H,23,25). The lowest BCUT2D eigenvalue weighted by Gasteiger charge is -2.33. The fraction of sp³-hybridized carbons (Fsp3) is 0.600. The van der Waals surface area contributed by atoms with Gasteiger partial charge in [-0.1, -0.05) is 17.7 Å². The Morgan fingerprint density at radius 1 is 1.30 bits per heavy atom. The number of carbonyl (C=O) groups excluding carboxylic acids is 2.